The van der Waals surface area contributed by atoms with E-state index in [0.29, 0.717) is 30.2 Å². The quantitative estimate of drug-likeness (QED) is 0.547. The third-order valence-electron chi connectivity index (χ3n) is 6.31. The van der Waals surface area contributed by atoms with Gasteiger partial charge in [0.25, 0.3) is 5.91 Å². The molecule has 166 valence electrons. The first-order chi connectivity index (χ1) is 15.4. The number of benzene rings is 1. The molecular formula is C23H25N5O3S. The fourth-order valence-electron chi connectivity index (χ4n) is 4.40. The molecule has 1 amide bonds. The number of hydrogen-bond acceptors (Lipinski definition) is 8. The molecule has 1 aliphatic carbocycles. The Morgan fingerprint density at radius 3 is 2.84 bits per heavy atom. The Bertz CT molecular complexity index is 1150. The first-order valence-corrected chi connectivity index (χ1v) is 11.6. The highest BCUT2D eigenvalue weighted by atomic mass is 32.1. The molecule has 5 rings (SSSR count). The molecule has 32 heavy (non-hydrogen) atoms. The van der Waals surface area contributed by atoms with E-state index in [4.69, 9.17) is 4.98 Å². The van der Waals surface area contributed by atoms with Gasteiger partial charge in [-0.1, -0.05) is 18.2 Å². The minimum atomic E-state index is -1.48. The molecule has 9 heteroatoms. The van der Waals surface area contributed by atoms with Crippen molar-refractivity contribution >= 4 is 23.2 Å². The predicted molar refractivity (Wildman–Crippen MR) is 122 cm³/mol. The molecular weight excluding hydrogens is 426 g/mol. The molecule has 0 unspecified atom stereocenters. The molecule has 3 heterocycles. The number of aliphatic hydroxyl groups is 2. The normalized spacial score (nSPS) is 25.5. The minimum Gasteiger partial charge on any atom is -0.391 e. The number of rotatable bonds is 5. The predicted octanol–water partition coefficient (Wildman–Crippen LogP) is 2.64. The number of hydrogen-bond donors (Lipinski definition) is 3. The number of thiazole rings is 1. The molecule has 2 fully saturated rings. The van der Waals surface area contributed by atoms with Crippen LogP contribution in [0.25, 0.3) is 22.0 Å². The van der Waals surface area contributed by atoms with E-state index < -0.39 is 5.60 Å². The van der Waals surface area contributed by atoms with Gasteiger partial charge in [-0.3, -0.25) is 4.79 Å². The summed E-state index contributed by atoms with van der Waals surface area (Å²) in [6.45, 7) is 0.531. The lowest BCUT2D eigenvalue weighted by atomic mass is 9.91. The van der Waals surface area contributed by atoms with Gasteiger partial charge in [0.15, 0.2) is 5.60 Å². The molecule has 8 nitrogen and oxygen atoms in total. The fourth-order valence-corrected chi connectivity index (χ4v) is 5.21. The number of carbonyl (C=O) groups excluding carboxylic acids is 1. The Morgan fingerprint density at radius 2 is 2.09 bits per heavy atom. The highest BCUT2D eigenvalue weighted by molar-refractivity contribution is 7.13. The summed E-state index contributed by atoms with van der Waals surface area (Å²) in [6, 6.07) is 9.17. The van der Waals surface area contributed by atoms with Crippen molar-refractivity contribution in [2.24, 2.45) is 0 Å². The van der Waals surface area contributed by atoms with E-state index in [0.717, 1.165) is 35.5 Å². The summed E-state index contributed by atoms with van der Waals surface area (Å²) in [5.74, 6) is 0.207. The first kappa shape index (κ1) is 21.0. The molecule has 0 bridgehead atoms. The average molecular weight is 452 g/mol. The molecule has 0 radical (unpaired) electrons. The van der Waals surface area contributed by atoms with Gasteiger partial charge in [0.05, 0.1) is 17.8 Å². The Balaban J connectivity index is 1.39. The van der Waals surface area contributed by atoms with Crippen molar-refractivity contribution < 1.29 is 15.0 Å². The number of aliphatic hydroxyl groups excluding tert-OH is 1. The van der Waals surface area contributed by atoms with Crippen molar-refractivity contribution in [3.63, 3.8) is 0 Å². The Hall–Kier alpha value is -2.88. The van der Waals surface area contributed by atoms with Gasteiger partial charge in [-0.05, 0) is 37.0 Å². The molecule has 3 N–H and O–H groups in total. The van der Waals surface area contributed by atoms with Crippen LogP contribution in [0.5, 0.6) is 0 Å². The van der Waals surface area contributed by atoms with Crippen LogP contribution in [0.3, 0.4) is 0 Å². The van der Waals surface area contributed by atoms with Gasteiger partial charge in [0, 0.05) is 37.2 Å². The first-order valence-electron chi connectivity index (χ1n) is 10.8. The van der Waals surface area contributed by atoms with Gasteiger partial charge in [-0.25, -0.2) is 15.0 Å². The molecule has 2 aliphatic rings. The topological polar surface area (TPSA) is 111 Å². The van der Waals surface area contributed by atoms with Crippen molar-refractivity contribution in [2.75, 3.05) is 18.9 Å². The lowest BCUT2D eigenvalue weighted by Gasteiger charge is -2.21. The van der Waals surface area contributed by atoms with Crippen LogP contribution in [0.4, 0.5) is 5.95 Å². The number of carbonyl (C=O) groups is 1. The monoisotopic (exact) mass is 451 g/mol. The van der Waals surface area contributed by atoms with Crippen LogP contribution in [0, 0.1) is 0 Å². The lowest BCUT2D eigenvalue weighted by molar-refractivity contribution is -0.143. The second-order valence-electron chi connectivity index (χ2n) is 8.47. The van der Waals surface area contributed by atoms with Crippen LogP contribution in [0.15, 0.2) is 41.9 Å². The highest BCUT2D eigenvalue weighted by Gasteiger charge is 2.45. The van der Waals surface area contributed by atoms with E-state index >= 15 is 0 Å². The summed E-state index contributed by atoms with van der Waals surface area (Å²) >= 11 is 1.48. The van der Waals surface area contributed by atoms with Crippen molar-refractivity contribution in [3.8, 4) is 22.0 Å². The van der Waals surface area contributed by atoms with E-state index in [1.807, 2.05) is 23.6 Å². The Labute approximate surface area is 190 Å². The van der Waals surface area contributed by atoms with Gasteiger partial charge < -0.3 is 20.4 Å². The van der Waals surface area contributed by atoms with Crippen LogP contribution in [-0.2, 0) is 10.4 Å². The van der Waals surface area contributed by atoms with E-state index in [-0.39, 0.29) is 18.1 Å². The van der Waals surface area contributed by atoms with Gasteiger partial charge >= 0.3 is 0 Å². The second kappa shape index (κ2) is 8.23. The van der Waals surface area contributed by atoms with Crippen LogP contribution in [-0.4, -0.2) is 61.7 Å². The number of nitrogens with one attached hydrogen (secondary N) is 1. The number of anilines is 1. The summed E-state index contributed by atoms with van der Waals surface area (Å²) in [5, 5.41) is 27.0. The van der Waals surface area contributed by atoms with Crippen molar-refractivity contribution in [1.29, 1.82) is 0 Å². The molecule has 1 aliphatic heterocycles. The number of nitrogens with zero attached hydrogens (tertiary/aromatic N) is 4. The molecule has 1 aromatic carbocycles. The van der Waals surface area contributed by atoms with E-state index in [9.17, 15) is 15.0 Å². The standard InChI is InChI=1S/C23H25N5O3S/c1-28-11-9-23(31,21(28)30)15-5-2-4-14(12-15)20-25-18(13-32-20)16-8-10-24-22(26-16)27-17-6-3-7-19(17)29/h2,4-5,8,10,12-13,17,19,29,31H,3,6-7,9,11H2,1H3,(H,24,26,27)/t17-,19-,23+/m0/s1. The van der Waals surface area contributed by atoms with Crippen LogP contribution >= 0.6 is 11.3 Å². The minimum absolute atomic E-state index is 0.0258. The molecule has 1 saturated carbocycles. The average Bonchev–Trinajstić information content (AvgIpc) is 3.52. The van der Waals surface area contributed by atoms with Crippen LogP contribution < -0.4 is 5.32 Å². The molecule has 3 aromatic rings. The van der Waals surface area contributed by atoms with Gasteiger partial charge in [-0.15, -0.1) is 11.3 Å². The number of likely N-dealkylation sites (tertiary alicyclic amines) is 1. The van der Waals surface area contributed by atoms with Gasteiger partial charge in [0.1, 0.15) is 10.7 Å². The summed E-state index contributed by atoms with van der Waals surface area (Å²) in [6.07, 6.45) is 4.37. The third kappa shape index (κ3) is 3.76. The maximum atomic E-state index is 12.5. The third-order valence-corrected chi connectivity index (χ3v) is 7.20. The smallest absolute Gasteiger partial charge is 0.258 e. The zero-order valence-electron chi connectivity index (χ0n) is 17.7. The lowest BCUT2D eigenvalue weighted by Crippen LogP contribution is -2.36. The highest BCUT2D eigenvalue weighted by Crippen LogP contribution is 2.36. The van der Waals surface area contributed by atoms with Crippen LogP contribution in [0.2, 0.25) is 0 Å². The largest absolute Gasteiger partial charge is 0.391 e. The molecule has 1 saturated heterocycles. The van der Waals surface area contributed by atoms with E-state index in [1.54, 1.807) is 30.3 Å². The number of amides is 1. The van der Waals surface area contributed by atoms with E-state index in [2.05, 4.69) is 15.3 Å². The van der Waals surface area contributed by atoms with Crippen molar-refractivity contribution in [3.05, 3.63) is 47.5 Å². The molecule has 2 aromatic heterocycles. The Kier molecular flexibility index (Phi) is 5.40. The summed E-state index contributed by atoms with van der Waals surface area (Å²) in [5.41, 5.74) is 1.37. The zero-order valence-corrected chi connectivity index (χ0v) is 18.5. The Morgan fingerprint density at radius 1 is 1.22 bits per heavy atom. The van der Waals surface area contributed by atoms with Gasteiger partial charge in [-0.2, -0.15) is 0 Å². The number of likely N-dealkylation sites (N-methyl/N-ethyl adjacent to an activating group) is 1. The van der Waals surface area contributed by atoms with E-state index in [1.165, 1.54) is 11.3 Å². The fraction of sp³-hybridized carbons (Fsp3) is 0.391. The number of aromatic nitrogens is 3. The SMILES string of the molecule is CN1CC[C@@](O)(c2cccc(-c3nc(-c4ccnc(N[C@H]5CCC[C@@H]5O)n4)cs3)c2)C1=O. The van der Waals surface area contributed by atoms with Crippen molar-refractivity contribution in [2.45, 2.75) is 43.4 Å². The maximum absolute atomic E-state index is 12.5. The van der Waals surface area contributed by atoms with Gasteiger partial charge in [0.2, 0.25) is 5.95 Å². The summed E-state index contributed by atoms with van der Waals surface area (Å²) in [7, 11) is 1.70. The second-order valence-corrected chi connectivity index (χ2v) is 9.33. The van der Waals surface area contributed by atoms with Crippen LogP contribution in [0.1, 0.15) is 31.2 Å². The van der Waals surface area contributed by atoms with Crippen molar-refractivity contribution in [1.82, 2.24) is 19.9 Å². The maximum Gasteiger partial charge on any atom is 0.258 e. The molecule has 0 spiro atoms. The summed E-state index contributed by atoms with van der Waals surface area (Å²) in [4.78, 5) is 27.6. The molecule has 3 atom stereocenters. The zero-order chi connectivity index (χ0) is 22.3. The summed E-state index contributed by atoms with van der Waals surface area (Å²) < 4.78 is 0.